The molecule has 0 bridgehead atoms. The van der Waals surface area contributed by atoms with Crippen LogP contribution in [0.3, 0.4) is 0 Å². The minimum atomic E-state index is -6.43. The molecule has 1 rings (SSSR count). The maximum absolute atomic E-state index is 13.6. The van der Waals surface area contributed by atoms with Gasteiger partial charge >= 0.3 is 45.5 Å². The van der Waals surface area contributed by atoms with E-state index in [9.17, 15) is 57.5 Å². The van der Waals surface area contributed by atoms with Crippen molar-refractivity contribution in [2.75, 3.05) is 6.61 Å². The Morgan fingerprint density at radius 2 is 1.45 bits per heavy atom. The van der Waals surface area contributed by atoms with E-state index in [1.807, 2.05) is 0 Å². The number of esters is 2. The second-order valence-electron chi connectivity index (χ2n) is 5.72. The normalized spacial score (nSPS) is 14.8. The van der Waals surface area contributed by atoms with Crippen molar-refractivity contribution >= 4 is 22.1 Å². The lowest BCUT2D eigenvalue weighted by Gasteiger charge is -2.32. The van der Waals surface area contributed by atoms with Gasteiger partial charge in [-0.3, -0.25) is 4.55 Å². The van der Waals surface area contributed by atoms with E-state index < -0.39 is 69.2 Å². The first-order chi connectivity index (χ1) is 14.6. The van der Waals surface area contributed by atoms with Gasteiger partial charge in [0.1, 0.15) is 12.4 Å². The Labute approximate surface area is 177 Å². The Hall–Kier alpha value is -2.86. The van der Waals surface area contributed by atoms with Crippen LogP contribution in [0, 0.1) is 0 Å². The molecule has 1 atom stereocenters. The zero-order valence-corrected chi connectivity index (χ0v) is 16.2. The van der Waals surface area contributed by atoms with Crippen molar-refractivity contribution in [1.82, 2.24) is 0 Å². The highest BCUT2D eigenvalue weighted by Crippen LogP contribution is 2.39. The van der Waals surface area contributed by atoms with Gasteiger partial charge in [0, 0.05) is 0 Å². The molecule has 1 N–H and O–H groups in total. The van der Waals surface area contributed by atoms with Gasteiger partial charge in [-0.1, -0.05) is 6.58 Å². The molecule has 0 amide bonds. The van der Waals surface area contributed by atoms with Gasteiger partial charge in [-0.05, 0) is 24.3 Å². The minimum Gasteiger partial charge on any atom is -0.421 e. The average molecular weight is 520 g/mol. The molecule has 186 valence electrons. The second-order valence-corrected chi connectivity index (χ2v) is 7.27. The molecular weight excluding hydrogens is 511 g/mol. The molecular formula is C15H9F9O8S. The predicted molar refractivity (Wildman–Crippen MR) is 84.7 cm³/mol. The van der Waals surface area contributed by atoms with Crippen molar-refractivity contribution in [2.24, 2.45) is 0 Å². The lowest BCUT2D eigenvalue weighted by Crippen LogP contribution is -2.60. The van der Waals surface area contributed by atoms with Crippen LogP contribution in [0.2, 0.25) is 0 Å². The summed E-state index contributed by atoms with van der Waals surface area (Å²) in [5.74, 6) is -14.4. The van der Waals surface area contributed by atoms with Crippen molar-refractivity contribution < 1.29 is 76.3 Å². The molecule has 0 aliphatic carbocycles. The monoisotopic (exact) mass is 520 g/mol. The van der Waals surface area contributed by atoms with Crippen molar-refractivity contribution in [3.05, 3.63) is 42.2 Å². The van der Waals surface area contributed by atoms with Crippen LogP contribution in [0.5, 0.6) is 5.75 Å². The number of alkyl halides is 8. The van der Waals surface area contributed by atoms with Crippen molar-refractivity contribution in [3.63, 3.8) is 0 Å². The number of rotatable bonds is 8. The maximum Gasteiger partial charge on any atom is 0.468 e. The first kappa shape index (κ1) is 28.2. The molecule has 0 heterocycles. The molecule has 0 aliphatic rings. The van der Waals surface area contributed by atoms with E-state index in [-0.39, 0.29) is 12.1 Å². The first-order valence-corrected chi connectivity index (χ1v) is 9.11. The van der Waals surface area contributed by atoms with Gasteiger partial charge in [0.2, 0.25) is 5.83 Å². The van der Waals surface area contributed by atoms with E-state index in [0.717, 1.165) is 0 Å². The van der Waals surface area contributed by atoms with Crippen LogP contribution in [-0.4, -0.2) is 48.7 Å². The highest BCUT2D eigenvalue weighted by molar-refractivity contribution is 7.86. The predicted octanol–water partition coefficient (Wildman–Crippen LogP) is 3.39. The Bertz CT molecular complexity index is 1020. The zero-order chi connectivity index (χ0) is 26.0. The van der Waals surface area contributed by atoms with Crippen molar-refractivity contribution in [2.45, 2.75) is 23.4 Å². The first-order valence-electron chi connectivity index (χ1n) is 7.67. The number of benzene rings is 1. The van der Waals surface area contributed by atoms with Crippen LogP contribution in [0.25, 0.3) is 0 Å². The highest BCUT2D eigenvalue weighted by Gasteiger charge is 2.69. The molecule has 0 aliphatic heterocycles. The Morgan fingerprint density at radius 3 is 1.82 bits per heavy atom. The summed E-state index contributed by atoms with van der Waals surface area (Å²) < 4.78 is 159. The van der Waals surface area contributed by atoms with Gasteiger partial charge < -0.3 is 14.2 Å². The lowest BCUT2D eigenvalue weighted by atomic mass is 10.2. The molecule has 0 radical (unpaired) electrons. The zero-order valence-electron chi connectivity index (χ0n) is 15.3. The summed E-state index contributed by atoms with van der Waals surface area (Å²) >= 11 is 0. The van der Waals surface area contributed by atoms with Gasteiger partial charge in [0.15, 0.2) is 0 Å². The molecule has 0 saturated carbocycles. The maximum atomic E-state index is 13.6. The number of ether oxygens (including phenoxy) is 3. The van der Waals surface area contributed by atoms with Crippen LogP contribution < -0.4 is 4.74 Å². The van der Waals surface area contributed by atoms with E-state index >= 15 is 0 Å². The number of carbonyl (C=O) groups is 2. The topological polar surface area (TPSA) is 116 Å². The molecule has 0 spiro atoms. The fourth-order valence-corrected chi connectivity index (χ4v) is 1.93. The Balaban J connectivity index is 3.46. The van der Waals surface area contributed by atoms with Gasteiger partial charge in [0.25, 0.3) is 0 Å². The molecule has 1 aromatic carbocycles. The number of hydrogen-bond donors (Lipinski definition) is 1. The largest absolute Gasteiger partial charge is 0.468 e. The van der Waals surface area contributed by atoms with Crippen LogP contribution in [0.4, 0.5) is 39.5 Å². The summed E-state index contributed by atoms with van der Waals surface area (Å²) in [6.45, 7) is -0.748. The third-order valence-electron chi connectivity index (χ3n) is 3.31. The van der Waals surface area contributed by atoms with E-state index in [1.54, 1.807) is 0 Å². The number of hydrogen-bond acceptors (Lipinski definition) is 7. The SMILES string of the molecule is C=C(F)C(=O)OC(OCC(F)(F)S(=O)(=O)O)(C(=O)Oc1ccc(C(F)(F)F)cc1)C(F)(F)F. The van der Waals surface area contributed by atoms with E-state index in [0.29, 0.717) is 12.1 Å². The molecule has 0 aromatic heterocycles. The molecule has 0 fully saturated rings. The summed E-state index contributed by atoms with van der Waals surface area (Å²) in [4.78, 5) is 23.4. The summed E-state index contributed by atoms with van der Waals surface area (Å²) in [5, 5.41) is -5.52. The van der Waals surface area contributed by atoms with Gasteiger partial charge in [-0.25, -0.2) is 9.59 Å². The molecule has 1 unspecified atom stereocenters. The minimum absolute atomic E-state index is 0.223. The van der Waals surface area contributed by atoms with E-state index in [2.05, 4.69) is 20.8 Å². The molecule has 8 nitrogen and oxygen atoms in total. The highest BCUT2D eigenvalue weighted by atomic mass is 32.2. The Kier molecular flexibility index (Phi) is 7.84. The molecule has 33 heavy (non-hydrogen) atoms. The third-order valence-corrected chi connectivity index (χ3v) is 4.19. The quantitative estimate of drug-likeness (QED) is 0.139. The average Bonchev–Trinajstić information content (AvgIpc) is 2.62. The lowest BCUT2D eigenvalue weighted by molar-refractivity contribution is -0.357. The smallest absolute Gasteiger partial charge is 0.421 e. The van der Waals surface area contributed by atoms with Crippen LogP contribution in [-0.2, 0) is 35.4 Å². The Morgan fingerprint density at radius 1 is 0.970 bits per heavy atom. The third kappa shape index (κ3) is 6.57. The van der Waals surface area contributed by atoms with E-state index in [1.165, 1.54) is 0 Å². The fourth-order valence-electron chi connectivity index (χ4n) is 1.72. The number of carbonyl (C=O) groups excluding carboxylic acids is 2. The summed E-state index contributed by atoms with van der Waals surface area (Å²) in [5.41, 5.74) is -1.35. The second kappa shape index (κ2) is 9.18. The van der Waals surface area contributed by atoms with Crippen LogP contribution >= 0.6 is 0 Å². The number of halogens is 9. The molecule has 0 saturated heterocycles. The summed E-state index contributed by atoms with van der Waals surface area (Å²) in [7, 11) is -6.43. The van der Waals surface area contributed by atoms with Gasteiger partial charge in [-0.2, -0.15) is 47.9 Å². The van der Waals surface area contributed by atoms with Gasteiger partial charge in [0.05, 0.1) is 5.56 Å². The molecule has 18 heteroatoms. The molecule has 1 aromatic rings. The summed E-state index contributed by atoms with van der Waals surface area (Å²) in [6, 6.07) is 1.04. The van der Waals surface area contributed by atoms with Crippen molar-refractivity contribution in [3.8, 4) is 5.75 Å². The summed E-state index contributed by atoms with van der Waals surface area (Å²) in [6.07, 6.45) is -11.3. The van der Waals surface area contributed by atoms with Gasteiger partial charge in [-0.15, -0.1) is 0 Å². The fraction of sp³-hybridized carbons (Fsp3) is 0.333. The van der Waals surface area contributed by atoms with Crippen LogP contribution in [0.15, 0.2) is 36.7 Å². The van der Waals surface area contributed by atoms with Crippen LogP contribution in [0.1, 0.15) is 5.56 Å². The standard InChI is InChI=1S/C15H9F9O8S/c1-7(16)10(25)32-13(15(22,23)24,30-6-12(17,18)33(27,28)29)11(26)31-9-4-2-8(3-5-9)14(19,20)21/h2-5H,1,6H2,(H,27,28,29). The van der Waals surface area contributed by atoms with Crippen molar-refractivity contribution in [1.29, 1.82) is 0 Å². The van der Waals surface area contributed by atoms with E-state index in [4.69, 9.17) is 4.55 Å².